The Morgan fingerprint density at radius 2 is 1.88 bits per heavy atom. The SMILES string of the molecule is COCC1CCC(NOC(=O)C(F)(F)F)CC1. The molecule has 1 N–H and O–H groups in total. The van der Waals surface area contributed by atoms with E-state index in [2.05, 4.69) is 10.3 Å². The van der Waals surface area contributed by atoms with E-state index in [-0.39, 0.29) is 6.04 Å². The number of hydrogen-bond donors (Lipinski definition) is 1. The van der Waals surface area contributed by atoms with Gasteiger partial charge in [0.2, 0.25) is 0 Å². The minimum atomic E-state index is -4.94. The Bertz CT molecular complexity index is 250. The molecule has 0 radical (unpaired) electrons. The van der Waals surface area contributed by atoms with Gasteiger partial charge in [-0.2, -0.15) is 13.2 Å². The Kier molecular flexibility index (Phi) is 5.20. The summed E-state index contributed by atoms with van der Waals surface area (Å²) in [4.78, 5) is 14.4. The molecular weight excluding hydrogens is 239 g/mol. The van der Waals surface area contributed by atoms with Gasteiger partial charge >= 0.3 is 12.1 Å². The Morgan fingerprint density at radius 1 is 1.29 bits per heavy atom. The molecule has 0 heterocycles. The predicted molar refractivity (Wildman–Crippen MR) is 52.9 cm³/mol. The standard InChI is InChI=1S/C10H16F3NO3/c1-16-6-7-2-4-8(5-3-7)14-17-9(15)10(11,12)13/h7-8,14H,2-6H2,1H3. The van der Waals surface area contributed by atoms with E-state index >= 15 is 0 Å². The Hall–Kier alpha value is -0.820. The molecule has 0 aliphatic heterocycles. The first-order chi connectivity index (χ1) is 7.93. The number of alkyl halides is 3. The molecule has 0 aromatic rings. The molecule has 1 aliphatic carbocycles. The number of hydroxylamine groups is 1. The number of ether oxygens (including phenoxy) is 1. The van der Waals surface area contributed by atoms with E-state index in [9.17, 15) is 18.0 Å². The molecular formula is C10H16F3NO3. The van der Waals surface area contributed by atoms with E-state index in [4.69, 9.17) is 4.74 Å². The number of nitrogens with one attached hydrogen (secondary N) is 1. The van der Waals surface area contributed by atoms with Gasteiger partial charge in [-0.3, -0.25) is 0 Å². The van der Waals surface area contributed by atoms with Crippen molar-refractivity contribution in [1.29, 1.82) is 0 Å². The van der Waals surface area contributed by atoms with Crippen LogP contribution in [0.2, 0.25) is 0 Å². The van der Waals surface area contributed by atoms with Crippen LogP contribution in [0.15, 0.2) is 0 Å². The number of hydrogen-bond acceptors (Lipinski definition) is 4. The summed E-state index contributed by atoms with van der Waals surface area (Å²) in [5.41, 5.74) is 2.18. The maximum atomic E-state index is 11.8. The van der Waals surface area contributed by atoms with Crippen LogP contribution in [0, 0.1) is 5.92 Å². The zero-order chi connectivity index (χ0) is 12.9. The minimum Gasteiger partial charge on any atom is -0.384 e. The quantitative estimate of drug-likeness (QED) is 0.778. The van der Waals surface area contributed by atoms with Crippen molar-refractivity contribution in [2.75, 3.05) is 13.7 Å². The van der Waals surface area contributed by atoms with Crippen molar-refractivity contribution in [3.05, 3.63) is 0 Å². The summed E-state index contributed by atoms with van der Waals surface area (Å²) < 4.78 is 40.5. The molecule has 0 amide bonds. The third-order valence-electron chi connectivity index (χ3n) is 2.80. The normalized spacial score (nSPS) is 25.6. The summed E-state index contributed by atoms with van der Waals surface area (Å²) in [6.07, 6.45) is -1.87. The number of methoxy groups -OCH3 is 1. The molecule has 100 valence electrons. The van der Waals surface area contributed by atoms with Gasteiger partial charge in [-0.15, -0.1) is 5.48 Å². The molecule has 7 heteroatoms. The van der Waals surface area contributed by atoms with Gasteiger partial charge in [-0.05, 0) is 31.6 Å². The van der Waals surface area contributed by atoms with Gasteiger partial charge < -0.3 is 9.57 Å². The van der Waals surface area contributed by atoms with Gasteiger partial charge in [-0.25, -0.2) is 4.79 Å². The fraction of sp³-hybridized carbons (Fsp3) is 0.900. The van der Waals surface area contributed by atoms with Crippen LogP contribution < -0.4 is 5.48 Å². The maximum absolute atomic E-state index is 11.8. The topological polar surface area (TPSA) is 47.6 Å². The first-order valence-electron chi connectivity index (χ1n) is 5.46. The summed E-state index contributed by atoms with van der Waals surface area (Å²) >= 11 is 0. The summed E-state index contributed by atoms with van der Waals surface area (Å²) in [5.74, 6) is -1.76. The first kappa shape index (κ1) is 14.2. The van der Waals surface area contributed by atoms with Crippen molar-refractivity contribution in [2.45, 2.75) is 37.9 Å². The average molecular weight is 255 g/mol. The molecule has 0 atom stereocenters. The van der Waals surface area contributed by atoms with E-state index in [1.165, 1.54) is 0 Å². The van der Waals surface area contributed by atoms with Crippen molar-refractivity contribution in [1.82, 2.24) is 5.48 Å². The summed E-state index contributed by atoms with van der Waals surface area (Å²) in [6, 6.07) is -0.200. The highest BCUT2D eigenvalue weighted by Crippen LogP contribution is 2.24. The number of carbonyl (C=O) groups is 1. The molecule has 0 spiro atoms. The zero-order valence-electron chi connectivity index (χ0n) is 9.55. The highest BCUT2D eigenvalue weighted by Gasteiger charge is 2.41. The van der Waals surface area contributed by atoms with Crippen LogP contribution in [0.1, 0.15) is 25.7 Å². The molecule has 0 aromatic carbocycles. The van der Waals surface area contributed by atoms with Crippen molar-refractivity contribution in [3.63, 3.8) is 0 Å². The highest BCUT2D eigenvalue weighted by molar-refractivity contribution is 5.75. The summed E-state index contributed by atoms with van der Waals surface area (Å²) in [7, 11) is 1.62. The van der Waals surface area contributed by atoms with E-state index in [0.29, 0.717) is 25.4 Å². The van der Waals surface area contributed by atoms with Crippen molar-refractivity contribution < 1.29 is 27.5 Å². The third-order valence-corrected chi connectivity index (χ3v) is 2.80. The molecule has 0 bridgehead atoms. The largest absolute Gasteiger partial charge is 0.492 e. The van der Waals surface area contributed by atoms with Crippen molar-refractivity contribution >= 4 is 5.97 Å². The second-order valence-electron chi connectivity index (χ2n) is 4.18. The zero-order valence-corrected chi connectivity index (χ0v) is 9.55. The maximum Gasteiger partial charge on any atom is 0.492 e. The van der Waals surface area contributed by atoms with Gasteiger partial charge in [0.25, 0.3) is 0 Å². The number of halogens is 3. The van der Waals surface area contributed by atoms with Gasteiger partial charge in [0, 0.05) is 19.8 Å². The molecule has 1 saturated carbocycles. The number of rotatable bonds is 4. The Morgan fingerprint density at radius 3 is 2.35 bits per heavy atom. The van der Waals surface area contributed by atoms with Gasteiger partial charge in [0.15, 0.2) is 0 Å². The summed E-state index contributed by atoms with van der Waals surface area (Å²) in [5, 5.41) is 0. The van der Waals surface area contributed by atoms with Gasteiger partial charge in [-0.1, -0.05) is 0 Å². The second kappa shape index (κ2) is 6.20. The number of carbonyl (C=O) groups excluding carboxylic acids is 1. The fourth-order valence-electron chi connectivity index (χ4n) is 1.88. The van der Waals surface area contributed by atoms with Gasteiger partial charge in [0.05, 0.1) is 0 Å². The lowest BCUT2D eigenvalue weighted by molar-refractivity contribution is -0.209. The van der Waals surface area contributed by atoms with Crippen LogP contribution in [-0.2, 0) is 14.4 Å². The van der Waals surface area contributed by atoms with Crippen LogP contribution in [-0.4, -0.2) is 31.9 Å². The van der Waals surface area contributed by atoms with Crippen LogP contribution in [0.3, 0.4) is 0 Å². The monoisotopic (exact) mass is 255 g/mol. The Labute approximate surface area is 97.4 Å². The van der Waals surface area contributed by atoms with E-state index in [1.807, 2.05) is 0 Å². The fourth-order valence-corrected chi connectivity index (χ4v) is 1.88. The smallest absolute Gasteiger partial charge is 0.384 e. The summed E-state index contributed by atoms with van der Waals surface area (Å²) in [6.45, 7) is 0.662. The molecule has 0 saturated heterocycles. The molecule has 4 nitrogen and oxygen atoms in total. The van der Waals surface area contributed by atoms with Crippen LogP contribution in [0.5, 0.6) is 0 Å². The van der Waals surface area contributed by atoms with Gasteiger partial charge in [0.1, 0.15) is 0 Å². The molecule has 0 unspecified atom stereocenters. The first-order valence-corrected chi connectivity index (χ1v) is 5.46. The van der Waals surface area contributed by atoms with E-state index < -0.39 is 12.1 Å². The highest BCUT2D eigenvalue weighted by atomic mass is 19.4. The predicted octanol–water partition coefficient (Wildman–Crippen LogP) is 1.80. The molecule has 0 aromatic heterocycles. The third kappa shape index (κ3) is 4.91. The van der Waals surface area contributed by atoms with Crippen LogP contribution >= 0.6 is 0 Å². The van der Waals surface area contributed by atoms with Crippen LogP contribution in [0.25, 0.3) is 0 Å². The molecule has 1 fully saturated rings. The van der Waals surface area contributed by atoms with E-state index in [0.717, 1.165) is 12.8 Å². The molecule has 17 heavy (non-hydrogen) atoms. The average Bonchev–Trinajstić information content (AvgIpc) is 2.27. The lowest BCUT2D eigenvalue weighted by atomic mass is 9.87. The van der Waals surface area contributed by atoms with Crippen LogP contribution in [0.4, 0.5) is 13.2 Å². The second-order valence-corrected chi connectivity index (χ2v) is 4.18. The Balaban J connectivity index is 2.21. The minimum absolute atomic E-state index is 0.200. The lowest BCUT2D eigenvalue weighted by Crippen LogP contribution is -2.39. The van der Waals surface area contributed by atoms with Crippen molar-refractivity contribution in [2.24, 2.45) is 5.92 Å². The van der Waals surface area contributed by atoms with E-state index in [1.54, 1.807) is 7.11 Å². The molecule has 1 aliphatic rings. The lowest BCUT2D eigenvalue weighted by Gasteiger charge is -2.27. The molecule has 1 rings (SSSR count). The van der Waals surface area contributed by atoms with Crippen molar-refractivity contribution in [3.8, 4) is 0 Å².